The number of unbranched alkanes of at least 4 members (excludes halogenated alkanes) is 1. The van der Waals surface area contributed by atoms with E-state index >= 15 is 0 Å². The highest BCUT2D eigenvalue weighted by Crippen LogP contribution is 2.33. The maximum atomic E-state index is 6.22. The molecule has 0 saturated heterocycles. The first-order chi connectivity index (χ1) is 13.4. The van der Waals surface area contributed by atoms with E-state index in [0.29, 0.717) is 19.8 Å². The van der Waals surface area contributed by atoms with E-state index in [1.807, 2.05) is 48.5 Å². The zero-order chi connectivity index (χ0) is 18.7. The van der Waals surface area contributed by atoms with Gasteiger partial charge in [0, 0.05) is 0 Å². The first kappa shape index (κ1) is 19.0. The van der Waals surface area contributed by atoms with Crippen molar-refractivity contribution in [3.05, 3.63) is 95.6 Å². The minimum absolute atomic E-state index is 0.523. The number of nitrogens with two attached hydrogens (primary N) is 1. The average Bonchev–Trinajstić information content (AvgIpc) is 2.73. The molecule has 0 unspecified atom stereocenters. The molecule has 3 aromatic rings. The number of hydrogen-bond donors (Lipinski definition) is 1. The summed E-state index contributed by atoms with van der Waals surface area (Å²) in [5, 5.41) is 0. The first-order valence-corrected chi connectivity index (χ1v) is 9.52. The molecule has 0 fully saturated rings. The van der Waals surface area contributed by atoms with Crippen molar-refractivity contribution in [3.63, 3.8) is 0 Å². The van der Waals surface area contributed by atoms with Crippen LogP contribution in [0.4, 0.5) is 0 Å². The van der Waals surface area contributed by atoms with Crippen molar-refractivity contribution < 1.29 is 9.47 Å². The third-order valence-corrected chi connectivity index (χ3v) is 4.42. The summed E-state index contributed by atoms with van der Waals surface area (Å²) in [6.07, 6.45) is 2.98. The summed E-state index contributed by atoms with van der Waals surface area (Å²) in [4.78, 5) is 0. The first-order valence-electron chi connectivity index (χ1n) is 9.52. The topological polar surface area (TPSA) is 44.5 Å². The van der Waals surface area contributed by atoms with Gasteiger partial charge in [-0.25, -0.2) is 0 Å². The largest absolute Gasteiger partial charge is 0.485 e. The lowest BCUT2D eigenvalue weighted by Gasteiger charge is -2.17. The molecule has 0 radical (unpaired) electrons. The predicted octanol–water partition coefficient (Wildman–Crippen LogP) is 5.13. The van der Waals surface area contributed by atoms with Gasteiger partial charge in [-0.2, -0.15) is 0 Å². The van der Waals surface area contributed by atoms with Gasteiger partial charge in [0.2, 0.25) is 0 Å². The van der Waals surface area contributed by atoms with Gasteiger partial charge in [-0.05, 0) is 48.6 Å². The Bertz CT molecular complexity index is 803. The summed E-state index contributed by atoms with van der Waals surface area (Å²) in [5.74, 6) is 1.63. The van der Waals surface area contributed by atoms with Crippen LogP contribution >= 0.6 is 0 Å². The monoisotopic (exact) mass is 361 g/mol. The zero-order valence-corrected chi connectivity index (χ0v) is 15.6. The molecule has 0 saturated carbocycles. The lowest BCUT2D eigenvalue weighted by atomic mass is 10.1. The van der Waals surface area contributed by atoms with Gasteiger partial charge in [0.15, 0.2) is 11.5 Å². The molecule has 140 valence electrons. The fourth-order valence-corrected chi connectivity index (χ4v) is 2.96. The van der Waals surface area contributed by atoms with Crippen LogP contribution in [-0.2, 0) is 19.6 Å². The second-order valence-electron chi connectivity index (χ2n) is 6.54. The van der Waals surface area contributed by atoms with E-state index in [1.54, 1.807) is 0 Å². The smallest absolute Gasteiger partial charge is 0.164 e. The van der Waals surface area contributed by atoms with E-state index in [9.17, 15) is 0 Å². The van der Waals surface area contributed by atoms with Gasteiger partial charge in [0.25, 0.3) is 0 Å². The number of benzene rings is 3. The fourth-order valence-electron chi connectivity index (χ4n) is 2.96. The molecule has 0 aromatic heterocycles. The van der Waals surface area contributed by atoms with Crippen LogP contribution in [0.1, 0.15) is 29.5 Å². The van der Waals surface area contributed by atoms with E-state index in [4.69, 9.17) is 15.2 Å². The minimum atomic E-state index is 0.523. The normalized spacial score (nSPS) is 10.6. The standard InChI is InChI=1S/C24H27NO2/c25-17-8-7-14-22-15-9-16-23(26-18-20-10-3-1-4-11-20)24(22)27-19-21-12-5-2-6-13-21/h1-6,9-13,15-16H,7-8,14,17-19,25H2. The van der Waals surface area contributed by atoms with Crippen LogP contribution in [0.25, 0.3) is 0 Å². The summed E-state index contributed by atoms with van der Waals surface area (Å²) < 4.78 is 12.3. The van der Waals surface area contributed by atoms with Crippen LogP contribution < -0.4 is 15.2 Å². The van der Waals surface area contributed by atoms with Gasteiger partial charge in [-0.15, -0.1) is 0 Å². The molecule has 2 N–H and O–H groups in total. The summed E-state index contributed by atoms with van der Waals surface area (Å²) in [6, 6.07) is 26.5. The number of aryl methyl sites for hydroxylation is 1. The van der Waals surface area contributed by atoms with Crippen molar-refractivity contribution in [1.29, 1.82) is 0 Å². The molecule has 0 amide bonds. The number of hydrogen-bond acceptors (Lipinski definition) is 3. The number of rotatable bonds is 10. The molecule has 0 bridgehead atoms. The Hall–Kier alpha value is -2.78. The molecule has 0 aliphatic rings. The van der Waals surface area contributed by atoms with Crippen LogP contribution in [0.2, 0.25) is 0 Å². The van der Waals surface area contributed by atoms with Crippen molar-refractivity contribution in [2.75, 3.05) is 6.54 Å². The van der Waals surface area contributed by atoms with Gasteiger partial charge < -0.3 is 15.2 Å². The Morgan fingerprint density at radius 3 is 1.89 bits per heavy atom. The number of para-hydroxylation sites is 1. The Kier molecular flexibility index (Phi) is 7.31. The van der Waals surface area contributed by atoms with Gasteiger partial charge in [-0.3, -0.25) is 0 Å². The van der Waals surface area contributed by atoms with Gasteiger partial charge in [-0.1, -0.05) is 72.8 Å². The van der Waals surface area contributed by atoms with Gasteiger partial charge in [0.1, 0.15) is 13.2 Å². The van der Waals surface area contributed by atoms with Crippen molar-refractivity contribution in [2.24, 2.45) is 5.73 Å². The van der Waals surface area contributed by atoms with Crippen LogP contribution in [0.5, 0.6) is 11.5 Å². The van der Waals surface area contributed by atoms with Crippen molar-refractivity contribution >= 4 is 0 Å². The zero-order valence-electron chi connectivity index (χ0n) is 15.6. The molecule has 0 atom stereocenters. The average molecular weight is 361 g/mol. The lowest BCUT2D eigenvalue weighted by Crippen LogP contribution is -2.04. The SMILES string of the molecule is NCCCCc1cccc(OCc2ccccc2)c1OCc1ccccc1. The molecule has 0 aliphatic heterocycles. The third-order valence-electron chi connectivity index (χ3n) is 4.42. The molecule has 0 spiro atoms. The maximum Gasteiger partial charge on any atom is 0.164 e. The molecular weight excluding hydrogens is 334 g/mol. The van der Waals surface area contributed by atoms with E-state index in [0.717, 1.165) is 41.9 Å². The highest BCUT2D eigenvalue weighted by atomic mass is 16.5. The Labute approximate surface area is 161 Å². The third kappa shape index (κ3) is 5.87. The maximum absolute atomic E-state index is 6.22. The lowest BCUT2D eigenvalue weighted by molar-refractivity contribution is 0.253. The summed E-state index contributed by atoms with van der Waals surface area (Å²) in [6.45, 7) is 1.76. The number of ether oxygens (including phenoxy) is 2. The quantitative estimate of drug-likeness (QED) is 0.509. The molecule has 0 aliphatic carbocycles. The molecular formula is C24H27NO2. The Balaban J connectivity index is 1.76. The molecule has 0 heterocycles. The second kappa shape index (κ2) is 10.4. The second-order valence-corrected chi connectivity index (χ2v) is 6.54. The summed E-state index contributed by atoms with van der Waals surface area (Å²) in [7, 11) is 0. The predicted molar refractivity (Wildman–Crippen MR) is 110 cm³/mol. The van der Waals surface area contributed by atoms with E-state index < -0.39 is 0 Å². The summed E-state index contributed by atoms with van der Waals surface area (Å²) in [5.41, 5.74) is 9.10. The van der Waals surface area contributed by atoms with E-state index in [2.05, 4.69) is 30.3 Å². The molecule has 27 heavy (non-hydrogen) atoms. The highest BCUT2D eigenvalue weighted by molar-refractivity contribution is 5.47. The molecule has 3 heteroatoms. The van der Waals surface area contributed by atoms with Crippen LogP contribution in [0.3, 0.4) is 0 Å². The van der Waals surface area contributed by atoms with E-state index in [-0.39, 0.29) is 0 Å². The Morgan fingerprint density at radius 1 is 0.630 bits per heavy atom. The van der Waals surface area contributed by atoms with Crippen LogP contribution in [-0.4, -0.2) is 6.54 Å². The van der Waals surface area contributed by atoms with Crippen LogP contribution in [0, 0.1) is 0 Å². The Morgan fingerprint density at radius 2 is 1.26 bits per heavy atom. The fraction of sp³-hybridized carbons (Fsp3) is 0.250. The van der Waals surface area contributed by atoms with Gasteiger partial charge >= 0.3 is 0 Å². The van der Waals surface area contributed by atoms with E-state index in [1.165, 1.54) is 5.56 Å². The van der Waals surface area contributed by atoms with Crippen LogP contribution in [0.15, 0.2) is 78.9 Å². The van der Waals surface area contributed by atoms with Gasteiger partial charge in [0.05, 0.1) is 0 Å². The molecule has 3 rings (SSSR count). The van der Waals surface area contributed by atoms with Crippen molar-refractivity contribution in [2.45, 2.75) is 32.5 Å². The summed E-state index contributed by atoms with van der Waals surface area (Å²) >= 11 is 0. The van der Waals surface area contributed by atoms with Crippen molar-refractivity contribution in [3.8, 4) is 11.5 Å². The minimum Gasteiger partial charge on any atom is -0.485 e. The highest BCUT2D eigenvalue weighted by Gasteiger charge is 2.12. The molecule has 3 nitrogen and oxygen atoms in total. The molecule has 3 aromatic carbocycles. The van der Waals surface area contributed by atoms with Crippen molar-refractivity contribution in [1.82, 2.24) is 0 Å².